The maximum Gasteiger partial charge on any atom is 0.221 e. The third-order valence-electron chi connectivity index (χ3n) is 1.95. The van der Waals surface area contributed by atoms with Crippen molar-refractivity contribution in [2.75, 3.05) is 7.11 Å². The van der Waals surface area contributed by atoms with Crippen LogP contribution in [0, 0.1) is 0 Å². The topological polar surface area (TPSA) is 64.3 Å². The molecule has 0 aliphatic rings. The number of carbonyl (C=O) groups is 1. The first-order chi connectivity index (χ1) is 8.04. The predicted molar refractivity (Wildman–Crippen MR) is 68.4 cm³/mol. The minimum atomic E-state index is -0.430. The summed E-state index contributed by atoms with van der Waals surface area (Å²) in [6, 6.07) is 5.09. The van der Waals surface area contributed by atoms with E-state index in [4.69, 9.17) is 33.8 Å². The van der Waals surface area contributed by atoms with Crippen LogP contribution < -0.4 is 11.2 Å². The normalized spacial score (nSPS) is 11.4. The molecule has 0 aliphatic carbocycles. The average molecular weight is 275 g/mol. The van der Waals surface area contributed by atoms with Crippen LogP contribution in [0.1, 0.15) is 12.0 Å². The fourth-order valence-electron chi connectivity index (χ4n) is 1.19. The Morgan fingerprint density at radius 1 is 1.47 bits per heavy atom. The van der Waals surface area contributed by atoms with Crippen molar-refractivity contribution < 1.29 is 9.63 Å². The molecule has 0 fully saturated rings. The zero-order valence-corrected chi connectivity index (χ0v) is 10.7. The summed E-state index contributed by atoms with van der Waals surface area (Å²) < 4.78 is 0. The molecule has 1 amide bonds. The van der Waals surface area contributed by atoms with Crippen molar-refractivity contribution in [3.05, 3.63) is 39.9 Å². The van der Waals surface area contributed by atoms with Gasteiger partial charge in [0.05, 0.1) is 22.9 Å². The lowest BCUT2D eigenvalue weighted by atomic mass is 10.1. The van der Waals surface area contributed by atoms with Gasteiger partial charge in [0.15, 0.2) is 0 Å². The van der Waals surface area contributed by atoms with Crippen molar-refractivity contribution >= 4 is 34.8 Å². The third kappa shape index (κ3) is 4.26. The second-order valence-electron chi connectivity index (χ2n) is 3.22. The molecule has 0 saturated heterocycles. The van der Waals surface area contributed by atoms with Gasteiger partial charge in [-0.15, -0.1) is 0 Å². The van der Waals surface area contributed by atoms with Gasteiger partial charge in [-0.2, -0.15) is 0 Å². The molecule has 3 N–H and O–H groups in total. The second-order valence-corrected chi connectivity index (χ2v) is 4.04. The number of amides is 1. The monoisotopic (exact) mass is 274 g/mol. The molecule has 6 heteroatoms. The van der Waals surface area contributed by atoms with Crippen molar-refractivity contribution in [3.8, 4) is 0 Å². The highest BCUT2D eigenvalue weighted by atomic mass is 35.5. The van der Waals surface area contributed by atoms with E-state index in [9.17, 15) is 4.79 Å². The number of nitrogens with two attached hydrogens (primary N) is 1. The fourth-order valence-corrected chi connectivity index (χ4v) is 1.49. The molecule has 1 rings (SSSR count). The standard InChI is InChI=1S/C11H12Cl2N2O2/c1-17-15-10(4-5-11(14)16)7-2-3-8(12)9(13)6-7/h2-4,6,15H,5H2,1H3,(H2,14,16)/b10-4-. The van der Waals surface area contributed by atoms with E-state index in [0.717, 1.165) is 5.56 Å². The lowest BCUT2D eigenvalue weighted by molar-refractivity contribution is -0.117. The predicted octanol–water partition coefficient (Wildman–Crippen LogP) is 2.36. The van der Waals surface area contributed by atoms with Crippen molar-refractivity contribution in [3.63, 3.8) is 0 Å². The number of hydrogen-bond acceptors (Lipinski definition) is 3. The Kier molecular flexibility index (Phi) is 5.28. The van der Waals surface area contributed by atoms with Gasteiger partial charge in [-0.1, -0.05) is 29.3 Å². The molecule has 92 valence electrons. The van der Waals surface area contributed by atoms with Gasteiger partial charge in [0.2, 0.25) is 5.91 Å². The molecule has 0 heterocycles. The lowest BCUT2D eigenvalue weighted by Gasteiger charge is -2.09. The van der Waals surface area contributed by atoms with Gasteiger partial charge in [0.1, 0.15) is 0 Å². The number of halogens is 2. The molecule has 0 bridgehead atoms. The molecule has 0 radical (unpaired) electrons. The first-order valence-corrected chi connectivity index (χ1v) is 5.53. The highest BCUT2D eigenvalue weighted by molar-refractivity contribution is 6.42. The summed E-state index contributed by atoms with van der Waals surface area (Å²) in [7, 11) is 1.47. The molecular weight excluding hydrogens is 263 g/mol. The Balaban J connectivity index is 3.00. The molecule has 0 aliphatic heterocycles. The van der Waals surface area contributed by atoms with Crippen LogP contribution in [0.15, 0.2) is 24.3 Å². The molecular formula is C11H12Cl2N2O2. The van der Waals surface area contributed by atoms with E-state index in [0.29, 0.717) is 15.7 Å². The molecule has 17 heavy (non-hydrogen) atoms. The van der Waals surface area contributed by atoms with Gasteiger partial charge in [-0.3, -0.25) is 15.1 Å². The molecule has 1 aromatic rings. The number of benzene rings is 1. The maximum absolute atomic E-state index is 10.7. The Morgan fingerprint density at radius 3 is 2.71 bits per heavy atom. The smallest absolute Gasteiger partial charge is 0.221 e. The Hall–Kier alpha value is -1.23. The first-order valence-electron chi connectivity index (χ1n) is 4.77. The van der Waals surface area contributed by atoms with Gasteiger partial charge >= 0.3 is 0 Å². The summed E-state index contributed by atoms with van der Waals surface area (Å²) in [6.07, 6.45) is 1.72. The van der Waals surface area contributed by atoms with Gasteiger partial charge < -0.3 is 5.73 Å². The molecule has 0 aromatic heterocycles. The summed E-state index contributed by atoms with van der Waals surface area (Å²) in [5, 5.41) is 0.883. The number of hydroxylamine groups is 1. The van der Waals surface area contributed by atoms with E-state index in [2.05, 4.69) is 5.48 Å². The van der Waals surface area contributed by atoms with Gasteiger partial charge in [-0.25, -0.2) is 0 Å². The van der Waals surface area contributed by atoms with Crippen LogP contribution in [0.5, 0.6) is 0 Å². The summed E-state index contributed by atoms with van der Waals surface area (Å²) in [6.45, 7) is 0. The molecule has 1 aromatic carbocycles. The first kappa shape index (κ1) is 13.8. The van der Waals surface area contributed by atoms with Crippen LogP contribution in [0.3, 0.4) is 0 Å². The fraction of sp³-hybridized carbons (Fsp3) is 0.182. The van der Waals surface area contributed by atoms with Crippen molar-refractivity contribution in [1.29, 1.82) is 0 Å². The second kappa shape index (κ2) is 6.49. The van der Waals surface area contributed by atoms with Crippen LogP contribution >= 0.6 is 23.2 Å². The van der Waals surface area contributed by atoms with Crippen molar-refractivity contribution in [2.24, 2.45) is 5.73 Å². The highest BCUT2D eigenvalue weighted by Crippen LogP contribution is 2.25. The van der Waals surface area contributed by atoms with E-state index in [1.807, 2.05) is 0 Å². The van der Waals surface area contributed by atoms with Crippen LogP contribution in [-0.2, 0) is 9.63 Å². The number of carbonyl (C=O) groups excluding carboxylic acids is 1. The minimum Gasteiger partial charge on any atom is -0.369 e. The number of nitrogens with one attached hydrogen (secondary N) is 1. The Labute approximate surface area is 109 Å². The number of hydrogen-bond donors (Lipinski definition) is 2. The quantitative estimate of drug-likeness (QED) is 0.811. The average Bonchev–Trinajstić information content (AvgIpc) is 2.28. The molecule has 0 saturated carbocycles. The largest absolute Gasteiger partial charge is 0.369 e. The van der Waals surface area contributed by atoms with Crippen LogP contribution in [0.25, 0.3) is 5.70 Å². The van der Waals surface area contributed by atoms with Gasteiger partial charge in [0.25, 0.3) is 0 Å². The van der Waals surface area contributed by atoms with Crippen LogP contribution in [-0.4, -0.2) is 13.0 Å². The van der Waals surface area contributed by atoms with Crippen LogP contribution in [0.4, 0.5) is 0 Å². The van der Waals surface area contributed by atoms with Crippen molar-refractivity contribution in [1.82, 2.24) is 5.48 Å². The van der Waals surface area contributed by atoms with E-state index in [-0.39, 0.29) is 6.42 Å². The van der Waals surface area contributed by atoms with Gasteiger partial charge in [-0.05, 0) is 18.2 Å². The van der Waals surface area contributed by atoms with Crippen LogP contribution in [0.2, 0.25) is 10.0 Å². The summed E-state index contributed by atoms with van der Waals surface area (Å²) in [5.74, 6) is -0.430. The van der Waals surface area contributed by atoms with E-state index < -0.39 is 5.91 Å². The summed E-state index contributed by atoms with van der Waals surface area (Å²) in [5.41, 5.74) is 9.08. The zero-order chi connectivity index (χ0) is 12.8. The number of rotatable bonds is 5. The van der Waals surface area contributed by atoms with Gasteiger partial charge in [0, 0.05) is 12.0 Å². The van der Waals surface area contributed by atoms with E-state index in [1.165, 1.54) is 7.11 Å². The lowest BCUT2D eigenvalue weighted by Crippen LogP contribution is -2.13. The maximum atomic E-state index is 10.7. The Morgan fingerprint density at radius 2 is 2.18 bits per heavy atom. The minimum absolute atomic E-state index is 0.103. The van der Waals surface area contributed by atoms with Crippen molar-refractivity contribution in [2.45, 2.75) is 6.42 Å². The molecule has 4 nitrogen and oxygen atoms in total. The SMILES string of the molecule is CON/C(=C\CC(N)=O)c1ccc(Cl)c(Cl)c1. The molecule has 0 atom stereocenters. The third-order valence-corrected chi connectivity index (χ3v) is 2.69. The summed E-state index contributed by atoms with van der Waals surface area (Å²) >= 11 is 11.7. The Bertz CT molecular complexity index is 447. The zero-order valence-electron chi connectivity index (χ0n) is 9.17. The van der Waals surface area contributed by atoms with E-state index >= 15 is 0 Å². The number of primary amides is 1. The molecule has 0 spiro atoms. The highest BCUT2D eigenvalue weighted by Gasteiger charge is 2.05. The summed E-state index contributed by atoms with van der Waals surface area (Å²) in [4.78, 5) is 15.5. The molecule has 0 unspecified atom stereocenters. The van der Waals surface area contributed by atoms with E-state index in [1.54, 1.807) is 24.3 Å².